The molecule has 0 aromatic carbocycles. The van der Waals surface area contributed by atoms with Crippen LogP contribution in [-0.4, -0.2) is 37.4 Å². The Morgan fingerprint density at radius 3 is 2.40 bits per heavy atom. The highest BCUT2D eigenvalue weighted by molar-refractivity contribution is 4.96. The highest BCUT2D eigenvalue weighted by Gasteiger charge is 2.29. The topological polar surface area (TPSA) is 71.2 Å². The number of hydrogen-bond donors (Lipinski definition) is 2. The van der Waals surface area contributed by atoms with Gasteiger partial charge in [-0.15, -0.1) is 5.10 Å². The molecule has 1 heterocycles. The number of nitrogens with zero attached hydrogens (tertiary/aromatic N) is 3. The molecule has 5 heteroatoms. The molecule has 0 spiro atoms. The summed E-state index contributed by atoms with van der Waals surface area (Å²) in [6.45, 7) is 5.66. The average Bonchev–Trinajstić information content (AvgIpc) is 2.48. The van der Waals surface area contributed by atoms with Crippen LogP contribution in [0.4, 0.5) is 0 Å². The Morgan fingerprint density at radius 1 is 1.40 bits per heavy atom. The van der Waals surface area contributed by atoms with Crippen LogP contribution in [0.5, 0.6) is 0 Å². The van der Waals surface area contributed by atoms with E-state index in [9.17, 15) is 10.2 Å². The molecule has 0 aliphatic carbocycles. The molecule has 1 rings (SSSR count). The van der Waals surface area contributed by atoms with Gasteiger partial charge < -0.3 is 10.2 Å². The van der Waals surface area contributed by atoms with Gasteiger partial charge in [-0.25, -0.2) is 0 Å². The first-order valence-corrected chi connectivity index (χ1v) is 5.02. The first-order chi connectivity index (χ1) is 6.80. The second-order valence-electron chi connectivity index (χ2n) is 4.97. The number of aromatic nitrogens is 3. The van der Waals surface area contributed by atoms with Crippen LogP contribution in [0.1, 0.15) is 26.5 Å². The fourth-order valence-corrected chi connectivity index (χ4v) is 1.39. The van der Waals surface area contributed by atoms with Gasteiger partial charge >= 0.3 is 0 Å². The Bertz CT molecular complexity index is 317. The second kappa shape index (κ2) is 4.28. The number of aliphatic hydroxyl groups excluding tert-OH is 2. The van der Waals surface area contributed by atoms with Crippen molar-refractivity contribution >= 4 is 0 Å². The zero-order valence-corrected chi connectivity index (χ0v) is 9.68. The van der Waals surface area contributed by atoms with Gasteiger partial charge in [0.05, 0.1) is 17.9 Å². The molecule has 15 heavy (non-hydrogen) atoms. The zero-order valence-electron chi connectivity index (χ0n) is 9.68. The molecule has 0 saturated heterocycles. The first-order valence-electron chi connectivity index (χ1n) is 5.02. The summed E-state index contributed by atoms with van der Waals surface area (Å²) in [6.07, 6.45) is 0.492. The largest absolute Gasteiger partial charge is 0.390 e. The average molecular weight is 213 g/mol. The van der Waals surface area contributed by atoms with Gasteiger partial charge in [-0.05, 0) is 5.41 Å². The quantitative estimate of drug-likeness (QED) is 0.748. The molecule has 2 unspecified atom stereocenters. The van der Waals surface area contributed by atoms with Gasteiger partial charge in [0.15, 0.2) is 0 Å². The molecule has 1 aromatic heterocycles. The molecule has 2 N–H and O–H groups in total. The molecule has 0 aliphatic rings. The van der Waals surface area contributed by atoms with Crippen molar-refractivity contribution in [1.29, 1.82) is 0 Å². The lowest BCUT2D eigenvalue weighted by Gasteiger charge is -2.29. The summed E-state index contributed by atoms with van der Waals surface area (Å²) in [6, 6.07) is 0. The maximum atomic E-state index is 9.82. The van der Waals surface area contributed by atoms with Crippen LogP contribution in [0.15, 0.2) is 6.20 Å². The fourth-order valence-electron chi connectivity index (χ4n) is 1.39. The summed E-state index contributed by atoms with van der Waals surface area (Å²) < 4.78 is 1.57. The molecule has 0 saturated carbocycles. The third-order valence-corrected chi connectivity index (χ3v) is 2.32. The van der Waals surface area contributed by atoms with E-state index in [4.69, 9.17) is 0 Å². The summed E-state index contributed by atoms with van der Waals surface area (Å²) in [7, 11) is 1.77. The van der Waals surface area contributed by atoms with Crippen LogP contribution in [-0.2, 0) is 13.5 Å². The molecular weight excluding hydrogens is 194 g/mol. The van der Waals surface area contributed by atoms with Gasteiger partial charge in [0.2, 0.25) is 0 Å². The SMILES string of the molecule is Cn1cc(CC(O)C(O)C(C)(C)C)nn1. The van der Waals surface area contributed by atoms with E-state index in [2.05, 4.69) is 10.3 Å². The van der Waals surface area contributed by atoms with E-state index in [0.29, 0.717) is 12.1 Å². The summed E-state index contributed by atoms with van der Waals surface area (Å²) in [5.74, 6) is 0. The second-order valence-corrected chi connectivity index (χ2v) is 4.97. The van der Waals surface area contributed by atoms with E-state index in [0.717, 1.165) is 0 Å². The van der Waals surface area contributed by atoms with E-state index >= 15 is 0 Å². The number of hydrogen-bond acceptors (Lipinski definition) is 4. The van der Waals surface area contributed by atoms with E-state index < -0.39 is 12.2 Å². The number of aryl methyl sites for hydroxylation is 1. The van der Waals surface area contributed by atoms with Crippen molar-refractivity contribution in [3.05, 3.63) is 11.9 Å². The molecule has 2 atom stereocenters. The molecule has 0 amide bonds. The van der Waals surface area contributed by atoms with Crippen molar-refractivity contribution in [2.75, 3.05) is 0 Å². The van der Waals surface area contributed by atoms with Gasteiger partial charge in [-0.2, -0.15) is 0 Å². The van der Waals surface area contributed by atoms with E-state index in [1.54, 1.807) is 17.9 Å². The third-order valence-electron chi connectivity index (χ3n) is 2.32. The zero-order chi connectivity index (χ0) is 11.6. The number of aliphatic hydroxyl groups is 2. The first kappa shape index (κ1) is 12.1. The van der Waals surface area contributed by atoms with Crippen molar-refractivity contribution in [2.45, 2.75) is 39.4 Å². The van der Waals surface area contributed by atoms with Gasteiger partial charge in [-0.1, -0.05) is 26.0 Å². The van der Waals surface area contributed by atoms with Crippen LogP contribution in [0.3, 0.4) is 0 Å². The van der Waals surface area contributed by atoms with Gasteiger partial charge in [0.1, 0.15) is 0 Å². The van der Waals surface area contributed by atoms with Crippen LogP contribution in [0.25, 0.3) is 0 Å². The van der Waals surface area contributed by atoms with Crippen molar-refractivity contribution in [3.8, 4) is 0 Å². The van der Waals surface area contributed by atoms with Crippen molar-refractivity contribution in [2.24, 2.45) is 12.5 Å². The Labute approximate surface area is 89.7 Å². The summed E-state index contributed by atoms with van der Waals surface area (Å²) in [4.78, 5) is 0. The van der Waals surface area contributed by atoms with Gasteiger partial charge in [-0.3, -0.25) is 4.68 Å². The highest BCUT2D eigenvalue weighted by Crippen LogP contribution is 2.22. The molecular formula is C10H19N3O2. The summed E-state index contributed by atoms with van der Waals surface area (Å²) in [5.41, 5.74) is 0.357. The highest BCUT2D eigenvalue weighted by atomic mass is 16.3. The van der Waals surface area contributed by atoms with Gasteiger partial charge in [0.25, 0.3) is 0 Å². The number of rotatable bonds is 3. The minimum atomic E-state index is -0.804. The minimum Gasteiger partial charge on any atom is -0.390 e. The maximum Gasteiger partial charge on any atom is 0.0860 e. The standard InChI is InChI=1S/C10H19N3O2/c1-10(2,3)9(15)8(14)5-7-6-13(4)12-11-7/h6,8-9,14-15H,5H2,1-4H3. The monoisotopic (exact) mass is 213 g/mol. The van der Waals surface area contributed by atoms with Crippen molar-refractivity contribution in [1.82, 2.24) is 15.0 Å². The molecule has 0 radical (unpaired) electrons. The Hall–Kier alpha value is -0.940. The predicted molar refractivity (Wildman–Crippen MR) is 56.2 cm³/mol. The predicted octanol–water partition coefficient (Wildman–Crippen LogP) is 0.125. The molecule has 86 valence electrons. The Morgan fingerprint density at radius 2 is 2.00 bits per heavy atom. The van der Waals surface area contributed by atoms with E-state index in [1.165, 1.54) is 0 Å². The smallest absolute Gasteiger partial charge is 0.0860 e. The lowest BCUT2D eigenvalue weighted by Crippen LogP contribution is -2.38. The van der Waals surface area contributed by atoms with Crippen LogP contribution in [0, 0.1) is 5.41 Å². The maximum absolute atomic E-state index is 9.82. The Kier molecular flexibility index (Phi) is 3.46. The lowest BCUT2D eigenvalue weighted by atomic mass is 9.84. The molecule has 0 aliphatic heterocycles. The Balaban J connectivity index is 2.59. The molecule has 1 aromatic rings. The fraction of sp³-hybridized carbons (Fsp3) is 0.800. The van der Waals surface area contributed by atoms with Crippen molar-refractivity contribution in [3.63, 3.8) is 0 Å². The molecule has 5 nitrogen and oxygen atoms in total. The van der Waals surface area contributed by atoms with Gasteiger partial charge in [0, 0.05) is 19.7 Å². The van der Waals surface area contributed by atoms with Crippen LogP contribution in [0.2, 0.25) is 0 Å². The van der Waals surface area contributed by atoms with Crippen LogP contribution >= 0.6 is 0 Å². The molecule has 0 bridgehead atoms. The normalized spacial score (nSPS) is 16.4. The lowest BCUT2D eigenvalue weighted by molar-refractivity contribution is -0.0437. The van der Waals surface area contributed by atoms with E-state index in [1.807, 2.05) is 20.8 Å². The summed E-state index contributed by atoms with van der Waals surface area (Å²) in [5, 5.41) is 27.2. The third kappa shape index (κ3) is 3.28. The van der Waals surface area contributed by atoms with E-state index in [-0.39, 0.29) is 5.41 Å². The minimum absolute atomic E-state index is 0.326. The van der Waals surface area contributed by atoms with Crippen molar-refractivity contribution < 1.29 is 10.2 Å². The summed E-state index contributed by atoms with van der Waals surface area (Å²) >= 11 is 0. The van der Waals surface area contributed by atoms with Crippen LogP contribution < -0.4 is 0 Å². The molecule has 0 fully saturated rings.